The molecule has 1 aliphatic heterocycles. The first-order valence-corrected chi connectivity index (χ1v) is 9.18. The number of rotatable bonds is 3. The fourth-order valence-corrected chi connectivity index (χ4v) is 4.45. The van der Waals surface area contributed by atoms with E-state index in [1.807, 2.05) is 41.7 Å². The molecular weight excluding hydrogens is 316 g/mol. The lowest BCUT2D eigenvalue weighted by atomic mass is 10.0. The third kappa shape index (κ3) is 2.83. The Labute approximate surface area is 145 Å². The molecule has 0 fully saturated rings. The fourth-order valence-electron chi connectivity index (χ4n) is 3.49. The van der Waals surface area contributed by atoms with Crippen LogP contribution in [0.15, 0.2) is 53.9 Å². The van der Waals surface area contributed by atoms with E-state index in [-0.39, 0.29) is 5.91 Å². The van der Waals surface area contributed by atoms with Gasteiger partial charge >= 0.3 is 0 Å². The summed E-state index contributed by atoms with van der Waals surface area (Å²) in [6.07, 6.45) is 1.04. The van der Waals surface area contributed by atoms with Gasteiger partial charge in [-0.3, -0.25) is 9.69 Å². The highest BCUT2D eigenvalue weighted by Crippen LogP contribution is 2.32. The van der Waals surface area contributed by atoms with Crippen LogP contribution in [-0.4, -0.2) is 23.9 Å². The Morgan fingerprint density at radius 2 is 2.04 bits per heavy atom. The molecule has 4 rings (SSSR count). The summed E-state index contributed by atoms with van der Waals surface area (Å²) < 4.78 is 0. The summed E-state index contributed by atoms with van der Waals surface area (Å²) in [5.74, 6) is 0.0527. The van der Waals surface area contributed by atoms with Crippen LogP contribution in [0, 0.1) is 0 Å². The van der Waals surface area contributed by atoms with Crippen molar-refractivity contribution in [2.75, 3.05) is 18.4 Å². The van der Waals surface area contributed by atoms with Crippen molar-refractivity contribution < 1.29 is 4.79 Å². The Kier molecular flexibility index (Phi) is 4.08. The van der Waals surface area contributed by atoms with Crippen LogP contribution in [0.3, 0.4) is 0 Å². The third-order valence-electron chi connectivity index (χ3n) is 4.81. The maximum Gasteiger partial charge on any atom is 0.238 e. The van der Waals surface area contributed by atoms with Gasteiger partial charge in [0.15, 0.2) is 0 Å². The van der Waals surface area contributed by atoms with E-state index in [4.69, 9.17) is 0 Å². The lowest BCUT2D eigenvalue weighted by molar-refractivity contribution is -0.117. The molecule has 0 saturated heterocycles. The molecule has 0 unspecified atom stereocenters. The minimum Gasteiger partial charge on any atom is -0.324 e. The number of carbonyl (C=O) groups is 1. The maximum atomic E-state index is 12.6. The van der Waals surface area contributed by atoms with Crippen LogP contribution in [0.4, 0.5) is 5.69 Å². The van der Waals surface area contributed by atoms with Crippen molar-refractivity contribution in [3.8, 4) is 0 Å². The van der Waals surface area contributed by atoms with Gasteiger partial charge in [0.25, 0.3) is 0 Å². The maximum absolute atomic E-state index is 12.6. The molecule has 0 aliphatic carbocycles. The molecule has 24 heavy (non-hydrogen) atoms. The molecule has 0 saturated carbocycles. The van der Waals surface area contributed by atoms with E-state index in [1.54, 1.807) is 0 Å². The average Bonchev–Trinajstić information content (AvgIpc) is 3.07. The van der Waals surface area contributed by atoms with Crippen LogP contribution >= 0.6 is 11.3 Å². The van der Waals surface area contributed by atoms with Gasteiger partial charge in [0.1, 0.15) is 0 Å². The fraction of sp³-hybridized carbons (Fsp3) is 0.250. The molecule has 1 aromatic heterocycles. The average molecular weight is 336 g/mol. The summed E-state index contributed by atoms with van der Waals surface area (Å²) in [5.41, 5.74) is 2.27. The first-order valence-electron chi connectivity index (χ1n) is 8.30. The molecule has 0 radical (unpaired) electrons. The Hall–Kier alpha value is -2.17. The zero-order chi connectivity index (χ0) is 16.5. The number of hydrogen-bond acceptors (Lipinski definition) is 3. The van der Waals surface area contributed by atoms with Crippen LogP contribution in [0.1, 0.15) is 23.4 Å². The lowest BCUT2D eigenvalue weighted by Crippen LogP contribution is -2.39. The number of carbonyl (C=O) groups excluding carboxylic acids is 1. The molecule has 0 spiro atoms. The zero-order valence-corrected chi connectivity index (χ0v) is 14.5. The normalized spacial score (nSPS) is 17.6. The summed E-state index contributed by atoms with van der Waals surface area (Å²) in [5, 5.41) is 7.47. The first kappa shape index (κ1) is 15.4. The van der Waals surface area contributed by atoms with Crippen LogP contribution in [0.2, 0.25) is 0 Å². The summed E-state index contributed by atoms with van der Waals surface area (Å²) >= 11 is 1.83. The predicted octanol–water partition coefficient (Wildman–Crippen LogP) is 4.46. The highest BCUT2D eigenvalue weighted by molar-refractivity contribution is 7.10. The topological polar surface area (TPSA) is 32.3 Å². The van der Waals surface area contributed by atoms with Gasteiger partial charge in [-0.15, -0.1) is 11.3 Å². The molecule has 3 nitrogen and oxygen atoms in total. The summed E-state index contributed by atoms with van der Waals surface area (Å²) in [4.78, 5) is 16.3. The number of anilines is 1. The molecule has 0 bridgehead atoms. The molecule has 3 aromatic rings. The first-order chi connectivity index (χ1) is 11.7. The number of thiophene rings is 1. The van der Waals surface area contributed by atoms with E-state index < -0.39 is 0 Å². The molecule has 1 N–H and O–H groups in total. The third-order valence-corrected chi connectivity index (χ3v) is 5.81. The highest BCUT2D eigenvalue weighted by atomic mass is 32.1. The predicted molar refractivity (Wildman–Crippen MR) is 101 cm³/mol. The molecule has 1 amide bonds. The number of hydrogen-bond donors (Lipinski definition) is 1. The molecule has 122 valence electrons. The Balaban J connectivity index is 1.49. The molecular formula is C20H20N2OS. The van der Waals surface area contributed by atoms with Crippen molar-refractivity contribution in [1.29, 1.82) is 0 Å². The van der Waals surface area contributed by atoms with E-state index in [1.165, 1.54) is 10.4 Å². The number of benzene rings is 2. The van der Waals surface area contributed by atoms with Crippen molar-refractivity contribution in [2.24, 2.45) is 0 Å². The van der Waals surface area contributed by atoms with Gasteiger partial charge in [-0.1, -0.05) is 36.4 Å². The van der Waals surface area contributed by atoms with Gasteiger partial charge in [0.05, 0.1) is 6.54 Å². The largest absolute Gasteiger partial charge is 0.324 e. The minimum atomic E-state index is 0.0527. The molecule has 2 heterocycles. The van der Waals surface area contributed by atoms with E-state index in [9.17, 15) is 4.79 Å². The zero-order valence-electron chi connectivity index (χ0n) is 13.7. The summed E-state index contributed by atoms with van der Waals surface area (Å²) in [7, 11) is 0. The van der Waals surface area contributed by atoms with Crippen LogP contribution in [-0.2, 0) is 11.2 Å². The Bertz CT molecular complexity index is 881. The smallest absolute Gasteiger partial charge is 0.238 e. The monoisotopic (exact) mass is 336 g/mol. The van der Waals surface area contributed by atoms with E-state index >= 15 is 0 Å². The van der Waals surface area contributed by atoms with Crippen LogP contribution < -0.4 is 5.32 Å². The van der Waals surface area contributed by atoms with Crippen LogP contribution in [0.5, 0.6) is 0 Å². The van der Waals surface area contributed by atoms with E-state index in [0.717, 1.165) is 29.4 Å². The standard InChI is InChI=1S/C20H20N2OS/c1-14-16-10-12-24-19(16)9-11-22(14)13-20(23)21-18-8-4-6-15-5-2-3-7-17(15)18/h2-8,10,12,14H,9,11,13H2,1H3,(H,21,23)/t14-/m1/s1. The second-order valence-corrected chi connectivity index (χ2v) is 7.27. The minimum absolute atomic E-state index is 0.0527. The number of nitrogens with zero attached hydrogens (tertiary/aromatic N) is 1. The van der Waals surface area contributed by atoms with Crippen molar-refractivity contribution in [3.63, 3.8) is 0 Å². The van der Waals surface area contributed by atoms with Gasteiger partial charge in [-0.2, -0.15) is 0 Å². The number of nitrogens with one attached hydrogen (secondary N) is 1. The van der Waals surface area contributed by atoms with Gasteiger partial charge in [0.2, 0.25) is 5.91 Å². The molecule has 1 atom stereocenters. The van der Waals surface area contributed by atoms with E-state index in [2.05, 4.69) is 40.7 Å². The van der Waals surface area contributed by atoms with Gasteiger partial charge in [-0.05, 0) is 41.8 Å². The number of fused-ring (bicyclic) bond motifs is 2. The second-order valence-electron chi connectivity index (χ2n) is 6.27. The Morgan fingerprint density at radius 1 is 1.21 bits per heavy atom. The Morgan fingerprint density at radius 3 is 2.96 bits per heavy atom. The summed E-state index contributed by atoms with van der Waals surface area (Å²) in [6, 6.07) is 16.6. The van der Waals surface area contributed by atoms with Crippen molar-refractivity contribution in [2.45, 2.75) is 19.4 Å². The molecule has 2 aromatic carbocycles. The SMILES string of the molecule is C[C@@H]1c2ccsc2CCN1CC(=O)Nc1cccc2ccccc12. The summed E-state index contributed by atoms with van der Waals surface area (Å²) in [6.45, 7) is 3.56. The highest BCUT2D eigenvalue weighted by Gasteiger charge is 2.26. The molecule has 4 heteroatoms. The quantitative estimate of drug-likeness (QED) is 0.766. The lowest BCUT2D eigenvalue weighted by Gasteiger charge is -2.32. The molecule has 1 aliphatic rings. The van der Waals surface area contributed by atoms with Gasteiger partial charge in [0, 0.05) is 28.5 Å². The number of amides is 1. The van der Waals surface area contributed by atoms with Crippen molar-refractivity contribution in [1.82, 2.24) is 4.90 Å². The van der Waals surface area contributed by atoms with Gasteiger partial charge < -0.3 is 5.32 Å². The van der Waals surface area contributed by atoms with Gasteiger partial charge in [-0.25, -0.2) is 0 Å². The van der Waals surface area contributed by atoms with Crippen LogP contribution in [0.25, 0.3) is 10.8 Å². The van der Waals surface area contributed by atoms with Crippen molar-refractivity contribution in [3.05, 3.63) is 64.4 Å². The second kappa shape index (κ2) is 6.38. The van der Waals surface area contributed by atoms with E-state index in [0.29, 0.717) is 12.6 Å². The van der Waals surface area contributed by atoms with Crippen molar-refractivity contribution >= 4 is 33.7 Å².